The summed E-state index contributed by atoms with van der Waals surface area (Å²) in [6.45, 7) is 0. The molecular weight excluding hydrogens is 282 g/mol. The van der Waals surface area contributed by atoms with Crippen LogP contribution in [0.2, 0.25) is 0 Å². The molecular formula is C13H15N9. The van der Waals surface area contributed by atoms with E-state index in [-0.39, 0.29) is 5.49 Å². The van der Waals surface area contributed by atoms with Crippen molar-refractivity contribution in [2.75, 3.05) is 30.5 Å². The van der Waals surface area contributed by atoms with Crippen LogP contribution in [0.25, 0.3) is 0 Å². The highest BCUT2D eigenvalue weighted by Gasteiger charge is 2.16. The zero-order valence-corrected chi connectivity index (χ0v) is 12.1. The highest BCUT2D eigenvalue weighted by atomic mass is 15.4. The lowest BCUT2D eigenvalue weighted by atomic mass is 10.3. The summed E-state index contributed by atoms with van der Waals surface area (Å²) < 4.78 is 1.54. The molecule has 0 saturated heterocycles. The van der Waals surface area contributed by atoms with Crippen molar-refractivity contribution < 1.29 is 0 Å². The van der Waals surface area contributed by atoms with Gasteiger partial charge in [0.1, 0.15) is 11.2 Å². The Hall–Kier alpha value is -3.23. The molecule has 1 aliphatic rings. The van der Waals surface area contributed by atoms with Gasteiger partial charge in [0.05, 0.1) is 17.6 Å². The zero-order chi connectivity index (χ0) is 15.9. The Labute approximate surface area is 126 Å². The first-order valence-corrected chi connectivity index (χ1v) is 6.47. The van der Waals surface area contributed by atoms with Crippen molar-refractivity contribution in [3.8, 4) is 0 Å². The van der Waals surface area contributed by atoms with Gasteiger partial charge in [0.25, 0.3) is 0 Å². The van der Waals surface area contributed by atoms with Gasteiger partial charge in [0, 0.05) is 26.4 Å². The quantitative estimate of drug-likeness (QED) is 0.714. The minimum Gasteiger partial charge on any atom is -0.396 e. The van der Waals surface area contributed by atoms with E-state index in [9.17, 15) is 0 Å². The molecule has 9 heteroatoms. The second-order valence-electron chi connectivity index (χ2n) is 4.93. The summed E-state index contributed by atoms with van der Waals surface area (Å²) >= 11 is 0. The van der Waals surface area contributed by atoms with E-state index in [1.54, 1.807) is 29.4 Å². The standard InChI is InChI=1S/C13H15N9/c1-21(2)12-8(15)5-7(14)11(20-12)18-9-6-17-22-4-3-10(16)19-13(9)22/h3-6,16H,14-15H2,1-2H3. The molecule has 0 aromatic carbocycles. The summed E-state index contributed by atoms with van der Waals surface area (Å²) in [4.78, 5) is 14.7. The molecule has 2 aromatic heterocycles. The fourth-order valence-corrected chi connectivity index (χ4v) is 2.02. The first kappa shape index (κ1) is 13.7. The fourth-order valence-electron chi connectivity index (χ4n) is 2.02. The van der Waals surface area contributed by atoms with Crippen molar-refractivity contribution >= 4 is 34.9 Å². The molecule has 0 spiro atoms. The number of rotatable bonds is 2. The summed E-state index contributed by atoms with van der Waals surface area (Å²) in [5, 5.41) is 11.7. The van der Waals surface area contributed by atoms with Gasteiger partial charge in [0.15, 0.2) is 17.5 Å². The molecule has 0 atom stereocenters. The van der Waals surface area contributed by atoms with Crippen molar-refractivity contribution in [1.82, 2.24) is 14.6 Å². The topological polar surface area (TPSA) is 135 Å². The molecule has 0 unspecified atom stereocenters. The van der Waals surface area contributed by atoms with Gasteiger partial charge in [-0.2, -0.15) is 5.10 Å². The Kier molecular flexibility index (Phi) is 3.09. The molecule has 2 aromatic rings. The number of fused-ring (bicyclic) bond motifs is 1. The van der Waals surface area contributed by atoms with E-state index < -0.39 is 0 Å². The number of nitrogen functional groups attached to an aromatic ring is 2. The lowest BCUT2D eigenvalue weighted by molar-refractivity contribution is 0.819. The maximum Gasteiger partial charge on any atom is 0.183 e. The summed E-state index contributed by atoms with van der Waals surface area (Å²) in [5.41, 5.74) is 13.3. The van der Waals surface area contributed by atoms with Crippen LogP contribution in [-0.4, -0.2) is 40.7 Å². The van der Waals surface area contributed by atoms with E-state index in [0.717, 1.165) is 0 Å². The van der Waals surface area contributed by atoms with E-state index in [1.807, 2.05) is 14.1 Å². The SMILES string of the molecule is CN(C)c1nc(N=C2C=Nn3ccc(=N)nc32)c(N)cc1N. The highest BCUT2D eigenvalue weighted by molar-refractivity contribution is 6.39. The Morgan fingerprint density at radius 3 is 2.73 bits per heavy atom. The highest BCUT2D eigenvalue weighted by Crippen LogP contribution is 2.29. The third-order valence-corrected chi connectivity index (χ3v) is 3.04. The van der Waals surface area contributed by atoms with Crippen LogP contribution in [0.15, 0.2) is 28.4 Å². The van der Waals surface area contributed by atoms with Gasteiger partial charge >= 0.3 is 0 Å². The molecule has 0 saturated carbocycles. The predicted octanol–water partition coefficient (Wildman–Crippen LogP) is -0.0437. The molecule has 0 bridgehead atoms. The molecule has 0 radical (unpaired) electrons. The number of aromatic nitrogens is 3. The Morgan fingerprint density at radius 2 is 2.00 bits per heavy atom. The van der Waals surface area contributed by atoms with Crippen molar-refractivity contribution in [1.29, 1.82) is 5.41 Å². The van der Waals surface area contributed by atoms with Crippen LogP contribution in [0.4, 0.5) is 23.0 Å². The molecule has 0 aliphatic carbocycles. The summed E-state index contributed by atoms with van der Waals surface area (Å²) in [5.74, 6) is 1.39. The largest absolute Gasteiger partial charge is 0.396 e. The second-order valence-corrected chi connectivity index (χ2v) is 4.93. The summed E-state index contributed by atoms with van der Waals surface area (Å²) in [6, 6.07) is 3.17. The molecule has 9 nitrogen and oxygen atoms in total. The van der Waals surface area contributed by atoms with Crippen LogP contribution in [0.5, 0.6) is 0 Å². The van der Waals surface area contributed by atoms with E-state index in [1.165, 1.54) is 4.68 Å². The molecule has 1 aliphatic heterocycles. The number of nitrogens with two attached hydrogens (primary N) is 2. The van der Waals surface area contributed by atoms with Crippen LogP contribution in [-0.2, 0) is 0 Å². The van der Waals surface area contributed by atoms with E-state index >= 15 is 0 Å². The minimum atomic E-state index is 0.136. The van der Waals surface area contributed by atoms with Crippen LogP contribution >= 0.6 is 0 Å². The first-order chi connectivity index (χ1) is 10.5. The maximum atomic E-state index is 7.60. The molecule has 0 amide bonds. The monoisotopic (exact) mass is 297 g/mol. The number of hydrogen-bond donors (Lipinski definition) is 3. The lowest BCUT2D eigenvalue weighted by Gasteiger charge is -2.15. The normalized spacial score (nSPS) is 14.4. The van der Waals surface area contributed by atoms with Crippen LogP contribution in [0, 0.1) is 5.41 Å². The summed E-state index contributed by atoms with van der Waals surface area (Å²) in [6.07, 6.45) is 3.20. The maximum absolute atomic E-state index is 7.60. The Balaban J connectivity index is 2.12. The zero-order valence-electron chi connectivity index (χ0n) is 12.1. The van der Waals surface area contributed by atoms with Gasteiger partial charge in [-0.1, -0.05) is 0 Å². The summed E-state index contributed by atoms with van der Waals surface area (Å²) in [7, 11) is 3.67. The number of nitrogens with zero attached hydrogens (tertiary/aromatic N) is 6. The number of anilines is 3. The molecule has 0 fully saturated rings. The fraction of sp³-hybridized carbons (Fsp3) is 0.154. The number of hydrogen-bond acceptors (Lipinski definition) is 8. The molecule has 22 heavy (non-hydrogen) atoms. The average Bonchev–Trinajstić information content (AvgIpc) is 2.83. The second kappa shape index (κ2) is 4.95. The predicted molar refractivity (Wildman–Crippen MR) is 85.6 cm³/mol. The van der Waals surface area contributed by atoms with Gasteiger partial charge in [-0.05, 0) is 6.07 Å². The van der Waals surface area contributed by atoms with Gasteiger partial charge < -0.3 is 16.4 Å². The van der Waals surface area contributed by atoms with Crippen LogP contribution in [0.1, 0.15) is 5.82 Å². The smallest absolute Gasteiger partial charge is 0.183 e. The van der Waals surface area contributed by atoms with Gasteiger partial charge in [-0.25, -0.2) is 19.6 Å². The Morgan fingerprint density at radius 1 is 1.23 bits per heavy atom. The number of aliphatic imine (C=N–C) groups is 1. The first-order valence-electron chi connectivity index (χ1n) is 6.47. The minimum absolute atomic E-state index is 0.136. The Bertz CT molecular complexity index is 860. The molecule has 5 N–H and O–H groups in total. The third kappa shape index (κ3) is 2.28. The van der Waals surface area contributed by atoms with Crippen molar-refractivity contribution in [3.63, 3.8) is 0 Å². The lowest BCUT2D eigenvalue weighted by Crippen LogP contribution is -2.16. The van der Waals surface area contributed by atoms with E-state index in [2.05, 4.69) is 20.1 Å². The number of nitrogens with one attached hydrogen (secondary N) is 1. The van der Waals surface area contributed by atoms with Crippen molar-refractivity contribution in [2.45, 2.75) is 0 Å². The third-order valence-electron chi connectivity index (χ3n) is 3.04. The van der Waals surface area contributed by atoms with Gasteiger partial charge in [-0.3, -0.25) is 5.41 Å². The van der Waals surface area contributed by atoms with E-state index in [4.69, 9.17) is 16.9 Å². The van der Waals surface area contributed by atoms with Crippen molar-refractivity contribution in [3.05, 3.63) is 29.6 Å². The van der Waals surface area contributed by atoms with Crippen LogP contribution < -0.4 is 21.9 Å². The molecule has 3 rings (SSSR count). The van der Waals surface area contributed by atoms with E-state index in [0.29, 0.717) is 34.5 Å². The average molecular weight is 297 g/mol. The molecule has 3 heterocycles. The van der Waals surface area contributed by atoms with Gasteiger partial charge in [0.2, 0.25) is 0 Å². The van der Waals surface area contributed by atoms with Gasteiger partial charge in [-0.15, -0.1) is 0 Å². The van der Waals surface area contributed by atoms with Crippen molar-refractivity contribution in [2.24, 2.45) is 10.1 Å². The number of pyridine rings is 1. The van der Waals surface area contributed by atoms with Crippen LogP contribution in [0.3, 0.4) is 0 Å². The molecule has 112 valence electrons.